The van der Waals surface area contributed by atoms with Gasteiger partial charge in [0.1, 0.15) is 6.33 Å². The van der Waals surface area contributed by atoms with Gasteiger partial charge in [0.05, 0.1) is 6.04 Å². The first-order valence-electron chi connectivity index (χ1n) is 6.09. The molecule has 1 N–H and O–H groups in total. The fraction of sp³-hybridized carbons (Fsp3) is 0.250. The van der Waals surface area contributed by atoms with Crippen LogP contribution in [-0.4, -0.2) is 34.5 Å². The molecule has 0 radical (unpaired) electrons. The maximum absolute atomic E-state index is 5.34. The third-order valence-electron chi connectivity index (χ3n) is 3.15. The van der Waals surface area contributed by atoms with Crippen molar-refractivity contribution in [2.75, 3.05) is 0 Å². The van der Waals surface area contributed by atoms with Crippen LogP contribution in [0.4, 0.5) is 0 Å². The Hall–Kier alpha value is -2.35. The molecule has 8 heteroatoms. The van der Waals surface area contributed by atoms with Crippen molar-refractivity contribution in [1.82, 2.24) is 34.5 Å². The SMILES string of the molecule is CC(c1nncn1C)n1c(-c2ccncc2)n[nH]c1=S. The van der Waals surface area contributed by atoms with Gasteiger partial charge in [-0.25, -0.2) is 0 Å². The molecule has 0 saturated heterocycles. The molecule has 102 valence electrons. The van der Waals surface area contributed by atoms with Crippen LogP contribution in [-0.2, 0) is 7.05 Å². The summed E-state index contributed by atoms with van der Waals surface area (Å²) in [6.07, 6.45) is 5.12. The number of hydrogen-bond acceptors (Lipinski definition) is 5. The summed E-state index contributed by atoms with van der Waals surface area (Å²) in [7, 11) is 1.90. The van der Waals surface area contributed by atoms with Crippen molar-refractivity contribution in [1.29, 1.82) is 0 Å². The van der Waals surface area contributed by atoms with Gasteiger partial charge in [0.25, 0.3) is 0 Å². The highest BCUT2D eigenvalue weighted by Crippen LogP contribution is 2.23. The maximum atomic E-state index is 5.34. The number of aromatic nitrogens is 7. The normalized spacial score (nSPS) is 12.5. The number of aryl methyl sites for hydroxylation is 1. The predicted molar refractivity (Wildman–Crippen MR) is 75.5 cm³/mol. The Balaban J connectivity index is 2.13. The van der Waals surface area contributed by atoms with Crippen LogP contribution >= 0.6 is 12.2 Å². The minimum atomic E-state index is -0.0723. The molecule has 0 amide bonds. The lowest BCUT2D eigenvalue weighted by Crippen LogP contribution is -2.13. The van der Waals surface area contributed by atoms with E-state index in [-0.39, 0.29) is 6.04 Å². The molecule has 0 spiro atoms. The lowest BCUT2D eigenvalue weighted by molar-refractivity contribution is 0.571. The van der Waals surface area contributed by atoms with Crippen molar-refractivity contribution in [3.63, 3.8) is 0 Å². The molecule has 0 aromatic carbocycles. The molecule has 0 aliphatic carbocycles. The van der Waals surface area contributed by atoms with E-state index in [1.807, 2.05) is 35.2 Å². The number of rotatable bonds is 3. The summed E-state index contributed by atoms with van der Waals surface area (Å²) in [5, 5.41) is 15.2. The highest BCUT2D eigenvalue weighted by molar-refractivity contribution is 7.71. The van der Waals surface area contributed by atoms with Crippen molar-refractivity contribution in [3.05, 3.63) is 41.4 Å². The molecule has 3 aromatic rings. The van der Waals surface area contributed by atoms with Gasteiger partial charge in [-0.15, -0.1) is 10.2 Å². The van der Waals surface area contributed by atoms with E-state index < -0.39 is 0 Å². The second-order valence-corrected chi connectivity index (χ2v) is 4.82. The summed E-state index contributed by atoms with van der Waals surface area (Å²) in [4.78, 5) is 4.02. The zero-order valence-electron chi connectivity index (χ0n) is 11.1. The third kappa shape index (κ3) is 2.03. The van der Waals surface area contributed by atoms with Crippen molar-refractivity contribution >= 4 is 12.2 Å². The summed E-state index contributed by atoms with van der Waals surface area (Å²) < 4.78 is 4.34. The van der Waals surface area contributed by atoms with Gasteiger partial charge in [-0.3, -0.25) is 14.6 Å². The van der Waals surface area contributed by atoms with Crippen LogP contribution in [0.25, 0.3) is 11.4 Å². The fourth-order valence-corrected chi connectivity index (χ4v) is 2.44. The quantitative estimate of drug-likeness (QED) is 0.742. The highest BCUT2D eigenvalue weighted by Gasteiger charge is 2.19. The van der Waals surface area contributed by atoms with E-state index in [0.717, 1.165) is 17.2 Å². The Kier molecular flexibility index (Phi) is 3.15. The molecular formula is C12H13N7S. The lowest BCUT2D eigenvalue weighted by Gasteiger charge is -2.14. The molecule has 0 aliphatic heterocycles. The molecule has 0 bridgehead atoms. The summed E-state index contributed by atoms with van der Waals surface area (Å²) in [5.41, 5.74) is 0.946. The largest absolute Gasteiger partial charge is 0.319 e. The third-order valence-corrected chi connectivity index (χ3v) is 3.44. The second kappa shape index (κ2) is 4.97. The van der Waals surface area contributed by atoms with E-state index in [1.165, 1.54) is 0 Å². The maximum Gasteiger partial charge on any atom is 0.196 e. The molecule has 0 aliphatic rings. The fourth-order valence-electron chi connectivity index (χ4n) is 2.15. The number of nitrogens with zero attached hydrogens (tertiary/aromatic N) is 6. The van der Waals surface area contributed by atoms with Crippen molar-refractivity contribution in [3.8, 4) is 11.4 Å². The van der Waals surface area contributed by atoms with Crippen LogP contribution in [0.2, 0.25) is 0 Å². The number of nitrogens with one attached hydrogen (secondary N) is 1. The van der Waals surface area contributed by atoms with E-state index in [4.69, 9.17) is 12.2 Å². The minimum absolute atomic E-state index is 0.0723. The average molecular weight is 287 g/mol. The Bertz CT molecular complexity index is 770. The second-order valence-electron chi connectivity index (χ2n) is 4.43. The molecule has 3 heterocycles. The van der Waals surface area contributed by atoms with Crippen LogP contribution in [0.15, 0.2) is 30.9 Å². The van der Waals surface area contributed by atoms with Crippen molar-refractivity contribution in [2.45, 2.75) is 13.0 Å². The van der Waals surface area contributed by atoms with E-state index in [2.05, 4.69) is 25.4 Å². The smallest absolute Gasteiger partial charge is 0.196 e. The van der Waals surface area contributed by atoms with Crippen LogP contribution < -0.4 is 0 Å². The van der Waals surface area contributed by atoms with Gasteiger partial charge in [-0.05, 0) is 31.3 Å². The van der Waals surface area contributed by atoms with Gasteiger partial charge in [-0.1, -0.05) is 0 Å². The molecule has 1 atom stereocenters. The number of aromatic amines is 1. The van der Waals surface area contributed by atoms with Crippen LogP contribution in [0.3, 0.4) is 0 Å². The Morgan fingerprint density at radius 2 is 2.05 bits per heavy atom. The first-order chi connectivity index (χ1) is 9.68. The van der Waals surface area contributed by atoms with Gasteiger partial charge in [0.2, 0.25) is 0 Å². The summed E-state index contributed by atoms with van der Waals surface area (Å²) in [5.74, 6) is 1.57. The van der Waals surface area contributed by atoms with E-state index in [0.29, 0.717) is 4.77 Å². The molecule has 0 saturated carbocycles. The highest BCUT2D eigenvalue weighted by atomic mass is 32.1. The molecule has 1 unspecified atom stereocenters. The topological polar surface area (TPSA) is 77.2 Å². The van der Waals surface area contributed by atoms with Crippen LogP contribution in [0.1, 0.15) is 18.8 Å². The standard InChI is InChI=1S/C12H13N7S/c1-8(10-15-14-7-18(10)2)19-11(16-17-12(19)20)9-3-5-13-6-4-9/h3-8H,1-2H3,(H,17,20). The molecule has 20 heavy (non-hydrogen) atoms. The zero-order chi connectivity index (χ0) is 14.1. The Morgan fingerprint density at radius 1 is 1.30 bits per heavy atom. The van der Waals surface area contributed by atoms with E-state index in [9.17, 15) is 0 Å². The first kappa shape index (κ1) is 12.7. The number of H-pyrrole nitrogens is 1. The first-order valence-corrected chi connectivity index (χ1v) is 6.50. The molecule has 0 fully saturated rings. The zero-order valence-corrected chi connectivity index (χ0v) is 11.9. The summed E-state index contributed by atoms with van der Waals surface area (Å²) >= 11 is 5.34. The van der Waals surface area contributed by atoms with Crippen molar-refractivity contribution < 1.29 is 0 Å². The summed E-state index contributed by atoms with van der Waals surface area (Å²) in [6.45, 7) is 2.01. The lowest BCUT2D eigenvalue weighted by atomic mass is 10.2. The van der Waals surface area contributed by atoms with E-state index >= 15 is 0 Å². The van der Waals surface area contributed by atoms with Gasteiger partial charge in [0.15, 0.2) is 16.4 Å². The number of pyridine rings is 1. The number of hydrogen-bond donors (Lipinski definition) is 1. The minimum Gasteiger partial charge on any atom is -0.319 e. The average Bonchev–Trinajstić information content (AvgIpc) is 3.05. The Labute approximate surface area is 120 Å². The van der Waals surface area contributed by atoms with E-state index in [1.54, 1.807) is 18.7 Å². The molecule has 7 nitrogen and oxygen atoms in total. The Morgan fingerprint density at radius 3 is 2.70 bits per heavy atom. The predicted octanol–water partition coefficient (Wildman–Crippen LogP) is 1.74. The van der Waals surface area contributed by atoms with Gasteiger partial charge >= 0.3 is 0 Å². The van der Waals surface area contributed by atoms with Gasteiger partial charge in [0, 0.05) is 25.0 Å². The van der Waals surface area contributed by atoms with Gasteiger partial charge in [-0.2, -0.15) is 5.10 Å². The summed E-state index contributed by atoms with van der Waals surface area (Å²) in [6, 6.07) is 3.72. The van der Waals surface area contributed by atoms with Crippen LogP contribution in [0.5, 0.6) is 0 Å². The monoisotopic (exact) mass is 287 g/mol. The molecule has 3 aromatic heterocycles. The molecular weight excluding hydrogens is 274 g/mol. The van der Waals surface area contributed by atoms with Crippen molar-refractivity contribution in [2.24, 2.45) is 7.05 Å². The molecule has 3 rings (SSSR count). The van der Waals surface area contributed by atoms with Gasteiger partial charge < -0.3 is 4.57 Å². The van der Waals surface area contributed by atoms with Crippen LogP contribution in [0, 0.1) is 4.77 Å².